The molecule has 1 saturated heterocycles. The standard InChI is InChI=1S/C13H17ClN2O3/c1-3-15-7-9(14)6-10(15)12(17)16-5-4-8(2)11(16)13(18)19/h6-8,11H,3-5H2,1-2H3,(H,18,19). The highest BCUT2D eigenvalue weighted by atomic mass is 35.5. The van der Waals surface area contributed by atoms with Crippen LogP contribution in [0.1, 0.15) is 30.8 Å². The van der Waals surface area contributed by atoms with E-state index in [4.69, 9.17) is 11.6 Å². The zero-order valence-electron chi connectivity index (χ0n) is 11.0. The normalized spacial score (nSPS) is 22.8. The Hall–Kier alpha value is -1.49. The largest absolute Gasteiger partial charge is 0.480 e. The summed E-state index contributed by atoms with van der Waals surface area (Å²) in [5.41, 5.74) is 0.452. The van der Waals surface area contributed by atoms with Crippen molar-refractivity contribution in [3.8, 4) is 0 Å². The minimum atomic E-state index is -0.945. The Balaban J connectivity index is 2.30. The Labute approximate surface area is 116 Å². The van der Waals surface area contributed by atoms with E-state index in [1.807, 2.05) is 13.8 Å². The molecule has 0 bridgehead atoms. The number of carboxylic acids is 1. The van der Waals surface area contributed by atoms with E-state index in [2.05, 4.69) is 0 Å². The number of rotatable bonds is 3. The summed E-state index contributed by atoms with van der Waals surface area (Å²) >= 11 is 5.91. The van der Waals surface area contributed by atoms with Crippen LogP contribution < -0.4 is 0 Å². The van der Waals surface area contributed by atoms with E-state index >= 15 is 0 Å². The molecule has 19 heavy (non-hydrogen) atoms. The summed E-state index contributed by atoms with van der Waals surface area (Å²) in [5, 5.41) is 9.74. The molecule has 1 amide bonds. The van der Waals surface area contributed by atoms with Gasteiger partial charge in [0, 0.05) is 19.3 Å². The maximum absolute atomic E-state index is 12.5. The Bertz CT molecular complexity index is 512. The average Bonchev–Trinajstić information content (AvgIpc) is 2.91. The van der Waals surface area contributed by atoms with Crippen LogP contribution in [0.2, 0.25) is 5.02 Å². The molecule has 2 atom stereocenters. The SMILES string of the molecule is CCn1cc(Cl)cc1C(=O)N1CCC(C)C1C(=O)O. The van der Waals surface area contributed by atoms with Crippen molar-refractivity contribution in [1.29, 1.82) is 0 Å². The van der Waals surface area contributed by atoms with Gasteiger partial charge in [-0.3, -0.25) is 4.79 Å². The fourth-order valence-electron chi connectivity index (χ4n) is 2.61. The fraction of sp³-hybridized carbons (Fsp3) is 0.538. The number of amides is 1. The van der Waals surface area contributed by atoms with Gasteiger partial charge in [0.2, 0.25) is 0 Å². The lowest BCUT2D eigenvalue weighted by Crippen LogP contribution is -2.43. The molecular formula is C13H17ClN2O3. The summed E-state index contributed by atoms with van der Waals surface area (Å²) in [7, 11) is 0. The molecule has 0 spiro atoms. The number of halogens is 1. The topological polar surface area (TPSA) is 62.5 Å². The Kier molecular flexibility index (Phi) is 3.85. The second-order valence-electron chi connectivity index (χ2n) is 4.88. The Morgan fingerprint density at radius 3 is 2.79 bits per heavy atom. The van der Waals surface area contributed by atoms with Gasteiger partial charge in [0.1, 0.15) is 11.7 Å². The van der Waals surface area contributed by atoms with E-state index in [0.717, 1.165) is 0 Å². The number of aliphatic carboxylic acids is 1. The quantitative estimate of drug-likeness (QED) is 0.924. The van der Waals surface area contributed by atoms with Gasteiger partial charge in [-0.25, -0.2) is 4.79 Å². The molecule has 1 aliphatic rings. The van der Waals surface area contributed by atoms with Crippen molar-refractivity contribution in [3.63, 3.8) is 0 Å². The van der Waals surface area contributed by atoms with Gasteiger partial charge in [-0.05, 0) is 25.3 Å². The monoisotopic (exact) mass is 284 g/mol. The summed E-state index contributed by atoms with van der Waals surface area (Å²) in [5.74, 6) is -1.23. The summed E-state index contributed by atoms with van der Waals surface area (Å²) in [6, 6.07) is 0.849. The van der Waals surface area contributed by atoms with Gasteiger partial charge in [0.25, 0.3) is 5.91 Å². The van der Waals surface area contributed by atoms with Crippen molar-refractivity contribution in [2.45, 2.75) is 32.9 Å². The molecule has 6 heteroatoms. The molecule has 0 saturated carbocycles. The summed E-state index contributed by atoms with van der Waals surface area (Å²) in [4.78, 5) is 25.2. The van der Waals surface area contributed by atoms with Crippen molar-refractivity contribution < 1.29 is 14.7 Å². The molecule has 104 valence electrons. The molecule has 2 unspecified atom stereocenters. The highest BCUT2D eigenvalue weighted by Gasteiger charge is 2.40. The van der Waals surface area contributed by atoms with Gasteiger partial charge < -0.3 is 14.6 Å². The van der Waals surface area contributed by atoms with Crippen molar-refractivity contribution in [2.75, 3.05) is 6.54 Å². The number of hydrogen-bond donors (Lipinski definition) is 1. The first-order valence-corrected chi connectivity index (χ1v) is 6.73. The molecule has 1 aromatic heterocycles. The third-order valence-corrected chi connectivity index (χ3v) is 3.84. The first kappa shape index (κ1) is 13.9. The van der Waals surface area contributed by atoms with Crippen LogP contribution in [0.3, 0.4) is 0 Å². The van der Waals surface area contributed by atoms with Crippen molar-refractivity contribution in [2.24, 2.45) is 5.92 Å². The van der Waals surface area contributed by atoms with Crippen LogP contribution in [0.25, 0.3) is 0 Å². The van der Waals surface area contributed by atoms with Gasteiger partial charge in [0.05, 0.1) is 5.02 Å². The average molecular weight is 285 g/mol. The zero-order chi connectivity index (χ0) is 14.2. The summed E-state index contributed by atoms with van der Waals surface area (Å²) in [6.45, 7) is 4.87. The van der Waals surface area contributed by atoms with Crippen LogP contribution in [0, 0.1) is 5.92 Å². The Morgan fingerprint density at radius 2 is 2.21 bits per heavy atom. The van der Waals surface area contributed by atoms with Gasteiger partial charge in [-0.1, -0.05) is 18.5 Å². The van der Waals surface area contributed by atoms with Crippen LogP contribution >= 0.6 is 11.6 Å². The third kappa shape index (κ3) is 2.47. The van der Waals surface area contributed by atoms with Crippen LogP contribution in [-0.4, -0.2) is 39.0 Å². The minimum absolute atomic E-state index is 0.0260. The van der Waals surface area contributed by atoms with Crippen LogP contribution in [-0.2, 0) is 11.3 Å². The number of aromatic nitrogens is 1. The number of carboxylic acid groups (broad SMARTS) is 1. The fourth-order valence-corrected chi connectivity index (χ4v) is 2.84. The summed E-state index contributed by atoms with van der Waals surface area (Å²) in [6.07, 6.45) is 2.40. The van der Waals surface area contributed by atoms with Gasteiger partial charge >= 0.3 is 5.97 Å². The van der Waals surface area contributed by atoms with Crippen molar-refractivity contribution in [3.05, 3.63) is 23.0 Å². The number of carbonyl (C=O) groups excluding carboxylic acids is 1. The first-order chi connectivity index (χ1) is 8.95. The molecule has 1 fully saturated rings. The molecular weight excluding hydrogens is 268 g/mol. The van der Waals surface area contributed by atoms with E-state index in [9.17, 15) is 14.7 Å². The van der Waals surface area contributed by atoms with Gasteiger partial charge in [-0.2, -0.15) is 0 Å². The smallest absolute Gasteiger partial charge is 0.326 e. The third-order valence-electron chi connectivity index (χ3n) is 3.64. The van der Waals surface area contributed by atoms with Crippen LogP contribution in [0.4, 0.5) is 0 Å². The number of carbonyl (C=O) groups is 2. The maximum atomic E-state index is 12.5. The highest BCUT2D eigenvalue weighted by molar-refractivity contribution is 6.31. The molecule has 2 rings (SSSR count). The van der Waals surface area contributed by atoms with Crippen molar-refractivity contribution in [1.82, 2.24) is 9.47 Å². The lowest BCUT2D eigenvalue weighted by molar-refractivity contribution is -0.142. The zero-order valence-corrected chi connectivity index (χ0v) is 11.7. The number of likely N-dealkylation sites (tertiary alicyclic amines) is 1. The molecule has 5 nitrogen and oxygen atoms in total. The maximum Gasteiger partial charge on any atom is 0.326 e. The molecule has 1 N–H and O–H groups in total. The second-order valence-corrected chi connectivity index (χ2v) is 5.31. The molecule has 1 aliphatic heterocycles. The van der Waals surface area contributed by atoms with Crippen LogP contribution in [0.15, 0.2) is 12.3 Å². The molecule has 0 radical (unpaired) electrons. The molecule has 0 aliphatic carbocycles. The van der Waals surface area contributed by atoms with E-state index in [0.29, 0.717) is 30.2 Å². The highest BCUT2D eigenvalue weighted by Crippen LogP contribution is 2.27. The van der Waals surface area contributed by atoms with Crippen LogP contribution in [0.5, 0.6) is 0 Å². The van der Waals surface area contributed by atoms with Crippen molar-refractivity contribution >= 4 is 23.5 Å². The van der Waals surface area contributed by atoms with E-state index in [1.165, 1.54) is 4.90 Å². The van der Waals surface area contributed by atoms with E-state index in [1.54, 1.807) is 16.8 Å². The lowest BCUT2D eigenvalue weighted by Gasteiger charge is -2.23. The molecule has 0 aromatic carbocycles. The minimum Gasteiger partial charge on any atom is -0.480 e. The first-order valence-electron chi connectivity index (χ1n) is 6.35. The summed E-state index contributed by atoms with van der Waals surface area (Å²) < 4.78 is 1.74. The Morgan fingerprint density at radius 1 is 1.53 bits per heavy atom. The van der Waals surface area contributed by atoms with Gasteiger partial charge in [0.15, 0.2) is 0 Å². The van der Waals surface area contributed by atoms with E-state index in [-0.39, 0.29) is 11.8 Å². The molecule has 2 heterocycles. The lowest BCUT2D eigenvalue weighted by atomic mass is 10.0. The predicted molar refractivity (Wildman–Crippen MR) is 71.4 cm³/mol. The number of aryl methyl sites for hydroxylation is 1. The molecule has 1 aromatic rings. The predicted octanol–water partition coefficient (Wildman–Crippen LogP) is 2.10. The number of nitrogens with zero attached hydrogens (tertiary/aromatic N) is 2. The number of hydrogen-bond acceptors (Lipinski definition) is 2. The van der Waals surface area contributed by atoms with E-state index < -0.39 is 12.0 Å². The second kappa shape index (κ2) is 5.25. The van der Waals surface area contributed by atoms with Gasteiger partial charge in [-0.15, -0.1) is 0 Å².